The summed E-state index contributed by atoms with van der Waals surface area (Å²) >= 11 is 0. The van der Waals surface area contributed by atoms with E-state index in [0.29, 0.717) is 31.3 Å². The van der Waals surface area contributed by atoms with Crippen LogP contribution in [0, 0.1) is 0 Å². The fraction of sp³-hybridized carbons (Fsp3) is 0.406. The largest absolute Gasteiger partial charge is 0.368 e. The Bertz CT molecular complexity index is 1220. The second kappa shape index (κ2) is 11.7. The smallest absolute Gasteiger partial charge is 0.254 e. The van der Waals surface area contributed by atoms with Gasteiger partial charge in [0.2, 0.25) is 0 Å². The molecule has 3 aliphatic rings. The molecule has 1 aromatic heterocycles. The number of benzene rings is 2. The molecule has 7 nitrogen and oxygen atoms in total. The van der Waals surface area contributed by atoms with Gasteiger partial charge in [0, 0.05) is 68.6 Å². The molecular formula is C32H36N4O3. The lowest BCUT2D eigenvalue weighted by atomic mass is 10.0. The molecule has 3 saturated heterocycles. The number of piperazine rings is 1. The van der Waals surface area contributed by atoms with Crippen LogP contribution in [0.25, 0.3) is 22.5 Å². The van der Waals surface area contributed by atoms with E-state index < -0.39 is 0 Å². The average Bonchev–Trinajstić information content (AvgIpc) is 3.56. The molecule has 0 saturated carbocycles. The zero-order valence-corrected chi connectivity index (χ0v) is 22.4. The summed E-state index contributed by atoms with van der Waals surface area (Å²) < 4.78 is 5.60. The average molecular weight is 525 g/mol. The highest BCUT2D eigenvalue weighted by molar-refractivity contribution is 5.96. The molecule has 3 aromatic rings. The van der Waals surface area contributed by atoms with Crippen molar-refractivity contribution in [2.75, 3.05) is 45.9 Å². The van der Waals surface area contributed by atoms with Gasteiger partial charge in [-0.25, -0.2) is 4.98 Å². The van der Waals surface area contributed by atoms with E-state index in [4.69, 9.17) is 9.72 Å². The third-order valence-electron chi connectivity index (χ3n) is 8.31. The number of likely N-dealkylation sites (tertiary alicyclic amines) is 1. The predicted octanol–water partition coefficient (Wildman–Crippen LogP) is 4.34. The second-order valence-electron chi connectivity index (χ2n) is 10.7. The van der Waals surface area contributed by atoms with Gasteiger partial charge >= 0.3 is 0 Å². The van der Waals surface area contributed by atoms with Gasteiger partial charge in [0.15, 0.2) is 0 Å². The predicted molar refractivity (Wildman–Crippen MR) is 151 cm³/mol. The third-order valence-corrected chi connectivity index (χ3v) is 8.31. The molecule has 0 bridgehead atoms. The van der Waals surface area contributed by atoms with Crippen LogP contribution >= 0.6 is 0 Å². The van der Waals surface area contributed by atoms with Crippen LogP contribution in [0.15, 0.2) is 72.8 Å². The Kier molecular flexibility index (Phi) is 7.70. The quantitative estimate of drug-likeness (QED) is 0.497. The first-order valence-corrected chi connectivity index (χ1v) is 14.2. The summed E-state index contributed by atoms with van der Waals surface area (Å²) in [5.74, 6) is 0.229. The van der Waals surface area contributed by atoms with Gasteiger partial charge in [-0.2, -0.15) is 0 Å². The number of aromatic nitrogens is 1. The Morgan fingerprint density at radius 1 is 0.718 bits per heavy atom. The number of amides is 2. The highest BCUT2D eigenvalue weighted by Gasteiger charge is 2.34. The van der Waals surface area contributed by atoms with E-state index in [1.165, 1.54) is 0 Å². The van der Waals surface area contributed by atoms with Gasteiger partial charge in [-0.15, -0.1) is 0 Å². The Balaban J connectivity index is 1.11. The zero-order valence-electron chi connectivity index (χ0n) is 22.4. The summed E-state index contributed by atoms with van der Waals surface area (Å²) in [6.07, 6.45) is 3.58. The SMILES string of the molecule is O=C(c1cc(-c2ccccc2)nc(-c2ccccc2)c1)N1CCN(C2CCN(C(=O)[C@@H]3CCCO3)CC2)CC1. The molecule has 202 valence electrons. The minimum absolute atomic E-state index is 0.0587. The van der Waals surface area contributed by atoms with Crippen molar-refractivity contribution in [3.63, 3.8) is 0 Å². The van der Waals surface area contributed by atoms with E-state index in [9.17, 15) is 9.59 Å². The molecule has 1 atom stereocenters. The molecule has 3 aliphatic heterocycles. The van der Waals surface area contributed by atoms with Crippen molar-refractivity contribution in [1.29, 1.82) is 0 Å². The van der Waals surface area contributed by atoms with Crippen LogP contribution < -0.4 is 0 Å². The maximum Gasteiger partial charge on any atom is 0.254 e. The van der Waals surface area contributed by atoms with Crippen molar-refractivity contribution in [3.05, 3.63) is 78.4 Å². The van der Waals surface area contributed by atoms with Crippen LogP contribution in [0.2, 0.25) is 0 Å². The number of carbonyl (C=O) groups is 2. The fourth-order valence-corrected chi connectivity index (χ4v) is 6.07. The maximum atomic E-state index is 13.7. The monoisotopic (exact) mass is 524 g/mol. The molecule has 2 aromatic carbocycles. The van der Waals surface area contributed by atoms with Gasteiger partial charge in [-0.05, 0) is 37.8 Å². The minimum atomic E-state index is -0.228. The Morgan fingerprint density at radius 3 is 1.85 bits per heavy atom. The molecule has 0 spiro atoms. The molecular weight excluding hydrogens is 488 g/mol. The first kappa shape index (κ1) is 25.7. The van der Waals surface area contributed by atoms with E-state index in [1.807, 2.05) is 82.6 Å². The van der Waals surface area contributed by atoms with Crippen molar-refractivity contribution in [1.82, 2.24) is 19.7 Å². The summed E-state index contributed by atoms with van der Waals surface area (Å²) in [7, 11) is 0. The number of carbonyl (C=O) groups excluding carboxylic acids is 2. The highest BCUT2D eigenvalue weighted by atomic mass is 16.5. The van der Waals surface area contributed by atoms with Gasteiger partial charge in [0.1, 0.15) is 6.10 Å². The molecule has 39 heavy (non-hydrogen) atoms. The second-order valence-corrected chi connectivity index (χ2v) is 10.7. The van der Waals surface area contributed by atoms with Crippen LogP contribution in [-0.2, 0) is 9.53 Å². The summed E-state index contributed by atoms with van der Waals surface area (Å²) in [6, 6.07) is 24.4. The lowest BCUT2D eigenvalue weighted by Gasteiger charge is -2.43. The number of nitrogens with zero attached hydrogens (tertiary/aromatic N) is 4. The molecule has 6 rings (SSSR count). The fourth-order valence-electron chi connectivity index (χ4n) is 6.07. The molecule has 0 radical (unpaired) electrons. The first-order valence-electron chi connectivity index (χ1n) is 14.2. The van der Waals surface area contributed by atoms with E-state index >= 15 is 0 Å². The summed E-state index contributed by atoms with van der Waals surface area (Å²) in [5, 5.41) is 0. The highest BCUT2D eigenvalue weighted by Crippen LogP contribution is 2.27. The Labute approximate surface area is 230 Å². The van der Waals surface area contributed by atoms with Gasteiger partial charge in [0.05, 0.1) is 11.4 Å². The standard InChI is InChI=1S/C32H36N4O3/c37-31(26-22-28(24-8-3-1-4-9-24)33-29(23-26)25-10-5-2-6-11-25)36-19-17-34(18-20-36)27-13-15-35(16-14-27)32(38)30-12-7-21-39-30/h1-6,8-11,22-23,27,30H,7,12-21H2/t30-/m0/s1. The van der Waals surface area contributed by atoms with Crippen LogP contribution in [0.4, 0.5) is 0 Å². The molecule has 0 N–H and O–H groups in total. The Morgan fingerprint density at radius 2 is 1.31 bits per heavy atom. The number of hydrogen-bond donors (Lipinski definition) is 0. The number of hydrogen-bond acceptors (Lipinski definition) is 5. The van der Waals surface area contributed by atoms with Crippen molar-refractivity contribution < 1.29 is 14.3 Å². The summed E-state index contributed by atoms with van der Waals surface area (Å²) in [5.41, 5.74) is 4.29. The van der Waals surface area contributed by atoms with E-state index in [-0.39, 0.29) is 17.9 Å². The molecule has 7 heteroatoms. The minimum Gasteiger partial charge on any atom is -0.368 e. The van der Waals surface area contributed by atoms with E-state index in [1.54, 1.807) is 0 Å². The van der Waals surface area contributed by atoms with Crippen molar-refractivity contribution in [2.45, 2.75) is 37.8 Å². The van der Waals surface area contributed by atoms with Crippen LogP contribution in [0.1, 0.15) is 36.0 Å². The zero-order chi connectivity index (χ0) is 26.6. The Hall–Kier alpha value is -3.55. The van der Waals surface area contributed by atoms with Crippen LogP contribution in [0.5, 0.6) is 0 Å². The third kappa shape index (κ3) is 5.75. The van der Waals surface area contributed by atoms with Gasteiger partial charge in [-0.3, -0.25) is 14.5 Å². The summed E-state index contributed by atoms with van der Waals surface area (Å²) in [6.45, 7) is 5.43. The van der Waals surface area contributed by atoms with Crippen molar-refractivity contribution in [3.8, 4) is 22.5 Å². The van der Waals surface area contributed by atoms with E-state index in [0.717, 1.165) is 74.4 Å². The van der Waals surface area contributed by atoms with Crippen molar-refractivity contribution >= 4 is 11.8 Å². The summed E-state index contributed by atoms with van der Waals surface area (Å²) in [4.78, 5) is 37.8. The lowest BCUT2D eigenvalue weighted by molar-refractivity contribution is -0.142. The molecule has 0 aliphatic carbocycles. The topological polar surface area (TPSA) is 66.0 Å². The van der Waals surface area contributed by atoms with Crippen LogP contribution in [0.3, 0.4) is 0 Å². The maximum absolute atomic E-state index is 13.7. The van der Waals surface area contributed by atoms with Gasteiger partial charge < -0.3 is 14.5 Å². The number of ether oxygens (including phenoxy) is 1. The van der Waals surface area contributed by atoms with Crippen molar-refractivity contribution in [2.24, 2.45) is 0 Å². The van der Waals surface area contributed by atoms with Crippen LogP contribution in [-0.4, -0.2) is 89.5 Å². The normalized spacial score (nSPS) is 20.8. The molecule has 2 amide bonds. The molecule has 0 unspecified atom stereocenters. The number of piperidine rings is 1. The van der Waals surface area contributed by atoms with Gasteiger partial charge in [-0.1, -0.05) is 60.7 Å². The van der Waals surface area contributed by atoms with E-state index in [2.05, 4.69) is 4.90 Å². The lowest BCUT2D eigenvalue weighted by Crippen LogP contribution is -2.55. The first-order chi connectivity index (χ1) is 19.2. The molecule has 3 fully saturated rings. The number of pyridine rings is 1. The van der Waals surface area contributed by atoms with Gasteiger partial charge in [0.25, 0.3) is 11.8 Å². The molecule has 4 heterocycles. The number of rotatable bonds is 5.